The lowest BCUT2D eigenvalue weighted by Gasteiger charge is -2.26. The summed E-state index contributed by atoms with van der Waals surface area (Å²) in [5.41, 5.74) is 0.685. The Bertz CT molecular complexity index is 1060. The Hall–Kier alpha value is -2.58. The van der Waals surface area contributed by atoms with Crippen LogP contribution in [0.3, 0.4) is 0 Å². The molecule has 7 nitrogen and oxygen atoms in total. The van der Waals surface area contributed by atoms with Crippen LogP contribution in [-0.4, -0.2) is 51.5 Å². The Morgan fingerprint density at radius 1 is 1.00 bits per heavy atom. The number of para-hydroxylation sites is 2. The molecule has 33 heavy (non-hydrogen) atoms. The molecule has 1 aliphatic heterocycles. The number of benzene rings is 2. The summed E-state index contributed by atoms with van der Waals surface area (Å²) < 4.78 is 33.6. The second-order valence-corrected chi connectivity index (χ2v) is 10.6. The number of carbonyl (C=O) groups excluding carboxylic acids is 1. The molecule has 1 unspecified atom stereocenters. The minimum atomic E-state index is -3.87. The largest absolute Gasteiger partial charge is 0.495 e. The van der Waals surface area contributed by atoms with Crippen LogP contribution in [0.15, 0.2) is 53.4 Å². The van der Waals surface area contributed by atoms with E-state index in [4.69, 9.17) is 4.74 Å². The molecule has 0 aromatic heterocycles. The third-order valence-electron chi connectivity index (χ3n) is 6.65. The lowest BCUT2D eigenvalue weighted by molar-refractivity contribution is 0.0935. The summed E-state index contributed by atoms with van der Waals surface area (Å²) in [6.45, 7) is 1.87. The van der Waals surface area contributed by atoms with Crippen LogP contribution in [0.5, 0.6) is 5.75 Å². The Labute approximate surface area is 196 Å². The molecule has 4 rings (SSSR count). The summed E-state index contributed by atoms with van der Waals surface area (Å²) in [5.74, 6) is 0.187. The van der Waals surface area contributed by atoms with Crippen molar-refractivity contribution in [1.29, 1.82) is 0 Å². The molecule has 8 heteroatoms. The van der Waals surface area contributed by atoms with Gasteiger partial charge in [0.05, 0.1) is 17.7 Å². The number of rotatable bonds is 7. The van der Waals surface area contributed by atoms with Crippen LogP contribution in [0.1, 0.15) is 55.3 Å². The van der Waals surface area contributed by atoms with Crippen LogP contribution in [0, 0.1) is 0 Å². The van der Waals surface area contributed by atoms with Crippen molar-refractivity contribution in [2.24, 2.45) is 0 Å². The van der Waals surface area contributed by atoms with E-state index >= 15 is 0 Å². The Morgan fingerprint density at radius 3 is 2.52 bits per heavy atom. The molecule has 1 aliphatic carbocycles. The van der Waals surface area contributed by atoms with E-state index in [0.717, 1.165) is 19.5 Å². The fraction of sp³-hybridized carbons (Fsp3) is 0.480. The van der Waals surface area contributed by atoms with Crippen molar-refractivity contribution >= 4 is 21.6 Å². The van der Waals surface area contributed by atoms with Crippen LogP contribution in [0.4, 0.5) is 5.69 Å². The van der Waals surface area contributed by atoms with Gasteiger partial charge in [-0.25, -0.2) is 8.42 Å². The summed E-state index contributed by atoms with van der Waals surface area (Å²) in [7, 11) is -2.39. The molecular weight excluding hydrogens is 438 g/mol. The monoisotopic (exact) mass is 471 g/mol. The molecule has 178 valence electrons. The molecule has 2 aliphatic rings. The molecule has 2 aromatic rings. The quantitative estimate of drug-likeness (QED) is 0.596. The highest BCUT2D eigenvalue weighted by Gasteiger charge is 2.29. The standard InChI is InChI=1S/C25H33N3O4S/c1-32-24-14-7-6-13-23(24)27-33(30,31)22-12-8-9-19(17-22)25(29)26-20-15-16-28(18-20)21-10-4-2-3-5-11-21/h6-9,12-14,17,20-21,27H,2-5,10-11,15-16,18H2,1H3,(H,26,29). The zero-order chi connectivity index (χ0) is 23.3. The fourth-order valence-electron chi connectivity index (χ4n) is 4.87. The average Bonchev–Trinajstić information content (AvgIpc) is 3.11. The van der Waals surface area contributed by atoms with Crippen LogP contribution < -0.4 is 14.8 Å². The number of carbonyl (C=O) groups is 1. The number of anilines is 1. The molecule has 0 radical (unpaired) electrons. The van der Waals surface area contributed by atoms with Crippen LogP contribution >= 0.6 is 0 Å². The maximum Gasteiger partial charge on any atom is 0.262 e. The van der Waals surface area contributed by atoms with Crippen molar-refractivity contribution in [3.8, 4) is 5.75 Å². The van der Waals surface area contributed by atoms with Gasteiger partial charge in [-0.15, -0.1) is 0 Å². The minimum absolute atomic E-state index is 0.0348. The summed E-state index contributed by atoms with van der Waals surface area (Å²) in [6.07, 6.45) is 8.67. The highest BCUT2D eigenvalue weighted by Crippen LogP contribution is 2.27. The smallest absolute Gasteiger partial charge is 0.262 e. The van der Waals surface area contributed by atoms with Gasteiger partial charge in [0.25, 0.3) is 15.9 Å². The van der Waals surface area contributed by atoms with E-state index in [9.17, 15) is 13.2 Å². The van der Waals surface area contributed by atoms with Gasteiger partial charge >= 0.3 is 0 Å². The number of nitrogens with zero attached hydrogens (tertiary/aromatic N) is 1. The normalized spacial score (nSPS) is 20.2. The minimum Gasteiger partial charge on any atom is -0.495 e. The van der Waals surface area contributed by atoms with Gasteiger partial charge in [-0.2, -0.15) is 0 Å². The van der Waals surface area contributed by atoms with Gasteiger partial charge in [0.15, 0.2) is 0 Å². The first-order valence-corrected chi connectivity index (χ1v) is 13.3. The first-order valence-electron chi connectivity index (χ1n) is 11.8. The van der Waals surface area contributed by atoms with E-state index in [-0.39, 0.29) is 16.8 Å². The van der Waals surface area contributed by atoms with E-state index in [1.54, 1.807) is 36.4 Å². The van der Waals surface area contributed by atoms with Gasteiger partial charge in [-0.1, -0.05) is 43.9 Å². The molecule has 0 bridgehead atoms. The van der Waals surface area contributed by atoms with Gasteiger partial charge in [0.2, 0.25) is 0 Å². The van der Waals surface area contributed by atoms with Crippen molar-refractivity contribution in [2.75, 3.05) is 24.9 Å². The number of methoxy groups -OCH3 is 1. The first kappa shape index (κ1) is 23.6. The second-order valence-electron chi connectivity index (χ2n) is 8.93. The summed E-state index contributed by atoms with van der Waals surface area (Å²) in [6, 6.07) is 13.7. The number of hydrogen-bond donors (Lipinski definition) is 2. The molecule has 2 fully saturated rings. The maximum atomic E-state index is 12.9. The van der Waals surface area contributed by atoms with Crippen LogP contribution in [-0.2, 0) is 10.0 Å². The third kappa shape index (κ3) is 5.86. The number of nitrogens with one attached hydrogen (secondary N) is 2. The van der Waals surface area contributed by atoms with Gasteiger partial charge in [-0.05, 0) is 49.6 Å². The van der Waals surface area contributed by atoms with Crippen molar-refractivity contribution in [3.05, 3.63) is 54.1 Å². The molecule has 1 amide bonds. The van der Waals surface area contributed by atoms with Crippen LogP contribution in [0.2, 0.25) is 0 Å². The van der Waals surface area contributed by atoms with Crippen molar-refractivity contribution < 1.29 is 17.9 Å². The van der Waals surface area contributed by atoms with Crippen molar-refractivity contribution in [1.82, 2.24) is 10.2 Å². The van der Waals surface area contributed by atoms with E-state index < -0.39 is 10.0 Å². The zero-order valence-electron chi connectivity index (χ0n) is 19.1. The molecule has 0 spiro atoms. The van der Waals surface area contributed by atoms with E-state index in [1.165, 1.54) is 57.8 Å². The fourth-order valence-corrected chi connectivity index (χ4v) is 5.98. The van der Waals surface area contributed by atoms with Crippen molar-refractivity contribution in [3.63, 3.8) is 0 Å². The van der Waals surface area contributed by atoms with Crippen molar-refractivity contribution in [2.45, 2.75) is 61.9 Å². The van der Waals surface area contributed by atoms with E-state index in [0.29, 0.717) is 23.0 Å². The molecule has 1 heterocycles. The predicted octanol–water partition coefficient (Wildman–Crippen LogP) is 4.02. The van der Waals surface area contributed by atoms with E-state index in [1.807, 2.05) is 0 Å². The van der Waals surface area contributed by atoms with Crippen LogP contribution in [0.25, 0.3) is 0 Å². The maximum absolute atomic E-state index is 12.9. The van der Waals surface area contributed by atoms with Gasteiger partial charge in [0, 0.05) is 30.7 Å². The summed E-state index contributed by atoms with van der Waals surface area (Å²) in [5, 5.41) is 3.11. The Balaban J connectivity index is 1.40. The molecule has 1 atom stereocenters. The lowest BCUT2D eigenvalue weighted by atomic mass is 10.1. The highest BCUT2D eigenvalue weighted by molar-refractivity contribution is 7.92. The van der Waals surface area contributed by atoms with Gasteiger partial charge < -0.3 is 10.1 Å². The van der Waals surface area contributed by atoms with E-state index in [2.05, 4.69) is 14.9 Å². The molecule has 2 N–H and O–H groups in total. The summed E-state index contributed by atoms with van der Waals surface area (Å²) in [4.78, 5) is 15.5. The first-order chi connectivity index (χ1) is 16.0. The third-order valence-corrected chi connectivity index (χ3v) is 8.02. The van der Waals surface area contributed by atoms with Gasteiger partial charge in [0.1, 0.15) is 5.75 Å². The average molecular weight is 472 g/mol. The second kappa shape index (κ2) is 10.6. The number of amides is 1. The topological polar surface area (TPSA) is 87.7 Å². The van der Waals surface area contributed by atoms with Gasteiger partial charge in [-0.3, -0.25) is 14.4 Å². The zero-order valence-corrected chi connectivity index (χ0v) is 19.9. The lowest BCUT2D eigenvalue weighted by Crippen LogP contribution is -2.39. The number of sulfonamides is 1. The summed E-state index contributed by atoms with van der Waals surface area (Å²) >= 11 is 0. The number of likely N-dealkylation sites (tertiary alicyclic amines) is 1. The Morgan fingerprint density at radius 2 is 1.76 bits per heavy atom. The molecule has 1 saturated heterocycles. The molecular formula is C25H33N3O4S. The molecule has 1 saturated carbocycles. The number of hydrogen-bond acceptors (Lipinski definition) is 5. The SMILES string of the molecule is COc1ccccc1NS(=O)(=O)c1cccc(C(=O)NC2CCN(C3CCCCCC3)C2)c1. The Kier molecular flexibility index (Phi) is 7.55. The molecule has 2 aromatic carbocycles. The number of ether oxygens (including phenoxy) is 1. The highest BCUT2D eigenvalue weighted by atomic mass is 32.2. The predicted molar refractivity (Wildman–Crippen MR) is 129 cm³/mol.